The van der Waals surface area contributed by atoms with Gasteiger partial charge in [-0.25, -0.2) is 4.79 Å². The van der Waals surface area contributed by atoms with Crippen molar-refractivity contribution in [2.75, 3.05) is 19.6 Å². The minimum atomic E-state index is -0.137. The van der Waals surface area contributed by atoms with Crippen molar-refractivity contribution >= 4 is 16.9 Å². The summed E-state index contributed by atoms with van der Waals surface area (Å²) < 4.78 is 0. The number of hydrogen-bond acceptors (Lipinski definition) is 3. The van der Waals surface area contributed by atoms with Gasteiger partial charge in [-0.15, -0.1) is 0 Å². The molecule has 2 amide bonds. The van der Waals surface area contributed by atoms with Crippen LogP contribution in [0.1, 0.15) is 42.0 Å². The largest absolute Gasteiger partial charge is 0.334 e. The van der Waals surface area contributed by atoms with Gasteiger partial charge >= 0.3 is 6.03 Å². The van der Waals surface area contributed by atoms with Crippen LogP contribution in [0.3, 0.4) is 0 Å². The number of H-pyrrole nitrogens is 1. The van der Waals surface area contributed by atoms with Crippen molar-refractivity contribution in [2.24, 2.45) is 0 Å². The molecule has 1 aliphatic heterocycles. The maximum Gasteiger partial charge on any atom is 0.318 e. The van der Waals surface area contributed by atoms with Gasteiger partial charge in [0.05, 0.1) is 6.54 Å². The van der Waals surface area contributed by atoms with Crippen molar-refractivity contribution in [3.8, 4) is 0 Å². The number of aromatic nitrogens is 1. The van der Waals surface area contributed by atoms with Gasteiger partial charge in [-0.1, -0.05) is 43.3 Å². The van der Waals surface area contributed by atoms with Gasteiger partial charge < -0.3 is 15.2 Å². The summed E-state index contributed by atoms with van der Waals surface area (Å²) in [5.41, 5.74) is 4.62. The van der Waals surface area contributed by atoms with E-state index < -0.39 is 0 Å². The number of aromatic amines is 1. The number of nitrogens with zero attached hydrogens (tertiary/aromatic N) is 2. The van der Waals surface area contributed by atoms with Gasteiger partial charge in [0.2, 0.25) is 0 Å². The molecule has 6 nitrogen and oxygen atoms in total. The SMILES string of the molecule is CCN1CCCC1CN(Cc1cc2c(C)cc(C)cc2[nH]c1=O)C(=O)NCc1ccccc1. The maximum absolute atomic E-state index is 13.3. The highest BCUT2D eigenvalue weighted by Gasteiger charge is 2.27. The molecular weight excluding hydrogens is 412 g/mol. The normalized spacial score (nSPS) is 16.3. The maximum atomic E-state index is 13.3. The lowest BCUT2D eigenvalue weighted by Crippen LogP contribution is -2.47. The molecule has 174 valence electrons. The van der Waals surface area contributed by atoms with Crippen LogP contribution in [0.5, 0.6) is 0 Å². The van der Waals surface area contributed by atoms with E-state index in [-0.39, 0.29) is 18.1 Å². The lowest BCUT2D eigenvalue weighted by Gasteiger charge is -2.30. The highest BCUT2D eigenvalue weighted by molar-refractivity contribution is 5.83. The van der Waals surface area contributed by atoms with E-state index in [1.54, 1.807) is 0 Å². The lowest BCUT2D eigenvalue weighted by atomic mass is 10.0. The molecule has 1 unspecified atom stereocenters. The Morgan fingerprint density at radius 2 is 1.97 bits per heavy atom. The fourth-order valence-electron chi connectivity index (χ4n) is 4.92. The third-order valence-corrected chi connectivity index (χ3v) is 6.66. The van der Waals surface area contributed by atoms with Gasteiger partial charge in [0.1, 0.15) is 0 Å². The van der Waals surface area contributed by atoms with Crippen molar-refractivity contribution in [1.29, 1.82) is 0 Å². The van der Waals surface area contributed by atoms with Crippen LogP contribution in [-0.4, -0.2) is 46.5 Å². The van der Waals surface area contributed by atoms with Crippen LogP contribution >= 0.6 is 0 Å². The second-order valence-corrected chi connectivity index (χ2v) is 9.12. The van der Waals surface area contributed by atoms with Gasteiger partial charge in [-0.05, 0) is 68.6 Å². The Morgan fingerprint density at radius 1 is 1.18 bits per heavy atom. The molecule has 0 radical (unpaired) electrons. The van der Waals surface area contributed by atoms with Gasteiger partial charge in [-0.3, -0.25) is 9.69 Å². The zero-order chi connectivity index (χ0) is 23.4. The number of amides is 2. The zero-order valence-electron chi connectivity index (χ0n) is 19.9. The van der Waals surface area contributed by atoms with Crippen LogP contribution in [0.25, 0.3) is 10.9 Å². The fourth-order valence-corrected chi connectivity index (χ4v) is 4.92. The number of fused-ring (bicyclic) bond motifs is 1. The Kier molecular flexibility index (Phi) is 7.14. The molecule has 2 N–H and O–H groups in total. The molecule has 1 aliphatic rings. The molecule has 2 heterocycles. The highest BCUT2D eigenvalue weighted by atomic mass is 16.2. The number of benzene rings is 2. The minimum Gasteiger partial charge on any atom is -0.334 e. The van der Waals surface area contributed by atoms with E-state index in [1.165, 1.54) is 0 Å². The van der Waals surface area contributed by atoms with E-state index in [1.807, 2.05) is 54.3 Å². The molecule has 1 saturated heterocycles. The van der Waals surface area contributed by atoms with Crippen LogP contribution in [0.2, 0.25) is 0 Å². The molecule has 1 atom stereocenters. The first-order valence-electron chi connectivity index (χ1n) is 11.9. The average molecular weight is 447 g/mol. The Labute approximate surface area is 195 Å². The van der Waals surface area contributed by atoms with E-state index in [0.717, 1.165) is 53.5 Å². The number of carbonyl (C=O) groups excluding carboxylic acids is 1. The Bertz CT molecular complexity index is 1170. The minimum absolute atomic E-state index is 0.132. The quantitative estimate of drug-likeness (QED) is 0.567. The Morgan fingerprint density at radius 3 is 2.73 bits per heavy atom. The van der Waals surface area contributed by atoms with Crippen LogP contribution < -0.4 is 10.9 Å². The molecule has 1 aromatic heterocycles. The molecule has 4 rings (SSSR count). The number of urea groups is 1. The molecule has 0 aliphatic carbocycles. The summed E-state index contributed by atoms with van der Waals surface area (Å²) in [6, 6.07) is 16.1. The molecule has 2 aromatic carbocycles. The van der Waals surface area contributed by atoms with Gasteiger partial charge in [0, 0.05) is 35.6 Å². The summed E-state index contributed by atoms with van der Waals surface area (Å²) in [5, 5.41) is 4.08. The predicted molar refractivity (Wildman–Crippen MR) is 133 cm³/mol. The highest BCUT2D eigenvalue weighted by Crippen LogP contribution is 2.21. The summed E-state index contributed by atoms with van der Waals surface area (Å²) >= 11 is 0. The third kappa shape index (κ3) is 5.45. The van der Waals surface area contributed by atoms with E-state index in [0.29, 0.717) is 24.7 Å². The second-order valence-electron chi connectivity index (χ2n) is 9.12. The molecule has 33 heavy (non-hydrogen) atoms. The van der Waals surface area contributed by atoms with Gasteiger partial charge in [0.15, 0.2) is 0 Å². The Balaban J connectivity index is 1.59. The number of hydrogen-bond donors (Lipinski definition) is 2. The monoisotopic (exact) mass is 446 g/mol. The van der Waals surface area contributed by atoms with Crippen LogP contribution in [0, 0.1) is 13.8 Å². The van der Waals surface area contributed by atoms with Crippen molar-refractivity contribution in [3.05, 3.63) is 81.1 Å². The molecule has 0 saturated carbocycles. The zero-order valence-corrected chi connectivity index (χ0v) is 19.9. The van der Waals surface area contributed by atoms with Crippen LogP contribution in [0.4, 0.5) is 4.79 Å². The average Bonchev–Trinajstić information content (AvgIpc) is 3.25. The van der Waals surface area contributed by atoms with Crippen molar-refractivity contribution in [2.45, 2.75) is 52.7 Å². The van der Waals surface area contributed by atoms with E-state index in [9.17, 15) is 9.59 Å². The number of aryl methyl sites for hydroxylation is 2. The van der Waals surface area contributed by atoms with E-state index >= 15 is 0 Å². The molecule has 6 heteroatoms. The van der Waals surface area contributed by atoms with Gasteiger partial charge in [-0.2, -0.15) is 0 Å². The molecule has 3 aromatic rings. The summed E-state index contributed by atoms with van der Waals surface area (Å²) in [4.78, 5) is 33.5. The van der Waals surface area contributed by atoms with Crippen molar-refractivity contribution in [3.63, 3.8) is 0 Å². The molecule has 0 bridgehead atoms. The van der Waals surface area contributed by atoms with E-state index in [2.05, 4.69) is 35.1 Å². The topological polar surface area (TPSA) is 68.4 Å². The molecular formula is C27H34N4O2. The smallest absolute Gasteiger partial charge is 0.318 e. The number of likely N-dealkylation sites (N-methyl/N-ethyl adjacent to an activating group) is 1. The summed E-state index contributed by atoms with van der Waals surface area (Å²) in [5.74, 6) is 0. The summed E-state index contributed by atoms with van der Waals surface area (Å²) in [6.45, 7) is 9.64. The number of pyridine rings is 1. The Hall–Kier alpha value is -3.12. The summed E-state index contributed by atoms with van der Waals surface area (Å²) in [7, 11) is 0. The molecule has 0 spiro atoms. The standard InChI is InChI=1S/C27H34N4O2/c1-4-30-12-8-11-23(30)18-31(27(33)28-16-21-9-6-5-7-10-21)17-22-15-24-20(3)13-19(2)14-25(24)29-26(22)32/h5-7,9-10,13-15,23H,4,8,11-12,16-18H2,1-3H3,(H,28,33)(H,29,32). The number of rotatable bonds is 7. The second kappa shape index (κ2) is 10.2. The summed E-state index contributed by atoms with van der Waals surface area (Å²) in [6.07, 6.45) is 2.22. The van der Waals surface area contributed by atoms with Gasteiger partial charge in [0.25, 0.3) is 5.56 Å². The fraction of sp³-hybridized carbons (Fsp3) is 0.407. The number of nitrogens with one attached hydrogen (secondary N) is 2. The van der Waals surface area contributed by atoms with Crippen LogP contribution in [-0.2, 0) is 13.1 Å². The van der Waals surface area contributed by atoms with Crippen LogP contribution in [0.15, 0.2) is 53.3 Å². The van der Waals surface area contributed by atoms with Crippen molar-refractivity contribution < 1.29 is 4.79 Å². The first kappa shape index (κ1) is 23.1. The lowest BCUT2D eigenvalue weighted by molar-refractivity contribution is 0.164. The van der Waals surface area contributed by atoms with E-state index in [4.69, 9.17) is 0 Å². The predicted octanol–water partition coefficient (Wildman–Crippen LogP) is 4.34. The third-order valence-electron chi connectivity index (χ3n) is 6.66. The first-order valence-corrected chi connectivity index (χ1v) is 11.9. The number of likely N-dealkylation sites (tertiary alicyclic amines) is 1. The first-order chi connectivity index (χ1) is 15.9. The number of carbonyl (C=O) groups is 1. The molecule has 1 fully saturated rings. The van der Waals surface area contributed by atoms with Crippen molar-refractivity contribution in [1.82, 2.24) is 20.1 Å².